The van der Waals surface area contributed by atoms with Crippen LogP contribution in [0.1, 0.15) is 29.0 Å². The molecule has 1 aliphatic heterocycles. The first kappa shape index (κ1) is 30.6. The number of carbonyl (C=O) groups excluding carboxylic acids is 1. The van der Waals surface area contributed by atoms with Gasteiger partial charge in [-0.3, -0.25) is 4.79 Å². The van der Waals surface area contributed by atoms with Crippen LogP contribution in [0.5, 0.6) is 5.88 Å². The average molecular weight is 619 g/mol. The zero-order valence-corrected chi connectivity index (χ0v) is 24.4. The van der Waals surface area contributed by atoms with E-state index in [-0.39, 0.29) is 28.6 Å². The van der Waals surface area contributed by atoms with Crippen molar-refractivity contribution in [1.29, 1.82) is 0 Å². The third-order valence-corrected chi connectivity index (χ3v) is 9.37. The van der Waals surface area contributed by atoms with E-state index in [4.69, 9.17) is 4.74 Å². The van der Waals surface area contributed by atoms with Crippen molar-refractivity contribution >= 4 is 21.6 Å². The first-order chi connectivity index (χ1) is 21.2. The molecule has 0 spiro atoms. The topological polar surface area (TPSA) is 137 Å². The number of hydrogen-bond acceptors (Lipinski definition) is 6. The number of halogens is 2. The van der Waals surface area contributed by atoms with Crippen LogP contribution in [0.25, 0.3) is 10.4 Å². The van der Waals surface area contributed by atoms with Crippen LogP contribution in [0.3, 0.4) is 0 Å². The molecule has 1 aromatic heterocycles. The number of rotatable bonds is 12. The predicted molar refractivity (Wildman–Crippen MR) is 159 cm³/mol. The molecule has 4 aromatic rings. The summed E-state index contributed by atoms with van der Waals surface area (Å²) in [6.45, 7) is 0.307. The maximum atomic E-state index is 15.1. The Morgan fingerprint density at radius 1 is 1.07 bits per heavy atom. The number of pyridine rings is 1. The van der Waals surface area contributed by atoms with E-state index in [1.165, 1.54) is 72.2 Å². The molecule has 1 unspecified atom stereocenters. The standard InChI is InChI=1S/C31H28F2N6O4S/c1-43-28-17-12-21(18-35-28)29(20-10-13-22(32)14-11-20)30(37-38-34)31(40)36-27-9-5-8-26(33)25(27)16-15-23-19-39(23)44(41,42)24-6-3-2-4-7-24/h2-14,17-18,23,29-30H,15-16,19H2,1H3,(H,36,40)/t23?,29-,30-,39-/m0/s1. The zero-order chi connectivity index (χ0) is 31.3. The smallest absolute Gasteiger partial charge is 0.243 e. The van der Waals surface area contributed by atoms with Gasteiger partial charge in [-0.05, 0) is 65.9 Å². The number of benzene rings is 3. The van der Waals surface area contributed by atoms with Gasteiger partial charge in [-0.2, -0.15) is 4.31 Å². The highest BCUT2D eigenvalue weighted by Crippen LogP contribution is 2.34. The first-order valence-corrected chi connectivity index (χ1v) is 15.1. The third kappa shape index (κ3) is 6.70. The summed E-state index contributed by atoms with van der Waals surface area (Å²) < 4.78 is 61.2. The number of azide groups is 1. The van der Waals surface area contributed by atoms with Gasteiger partial charge in [0.25, 0.3) is 0 Å². The fourth-order valence-corrected chi connectivity index (χ4v) is 6.75. The minimum Gasteiger partial charge on any atom is -0.481 e. The van der Waals surface area contributed by atoms with Gasteiger partial charge in [0.2, 0.25) is 21.8 Å². The molecule has 0 bridgehead atoms. The molecule has 1 amide bonds. The van der Waals surface area contributed by atoms with E-state index in [0.29, 0.717) is 30.0 Å². The van der Waals surface area contributed by atoms with Crippen LogP contribution in [-0.2, 0) is 21.2 Å². The summed E-state index contributed by atoms with van der Waals surface area (Å²) in [6.07, 6.45) is 1.94. The molecule has 0 radical (unpaired) electrons. The molecular formula is C31H28F2N6O4S. The summed E-state index contributed by atoms with van der Waals surface area (Å²) >= 11 is 0. The summed E-state index contributed by atoms with van der Waals surface area (Å²) in [5.41, 5.74) is 10.7. The Morgan fingerprint density at radius 2 is 1.80 bits per heavy atom. The van der Waals surface area contributed by atoms with Gasteiger partial charge in [-0.25, -0.2) is 22.2 Å². The van der Waals surface area contributed by atoms with Crippen molar-refractivity contribution < 1.29 is 26.7 Å². The fraction of sp³-hybridized carbons (Fsp3) is 0.226. The van der Waals surface area contributed by atoms with Crippen LogP contribution in [0.2, 0.25) is 0 Å². The summed E-state index contributed by atoms with van der Waals surface area (Å²) in [5, 5.41) is 6.50. The number of aromatic nitrogens is 1. The number of carbonyl (C=O) groups is 1. The van der Waals surface area contributed by atoms with Gasteiger partial charge in [0.1, 0.15) is 17.7 Å². The predicted octanol–water partition coefficient (Wildman–Crippen LogP) is 5.82. The highest BCUT2D eigenvalue weighted by molar-refractivity contribution is 7.89. The van der Waals surface area contributed by atoms with E-state index in [2.05, 4.69) is 20.3 Å². The quantitative estimate of drug-likeness (QED) is 0.0923. The number of methoxy groups -OCH3 is 1. The molecule has 13 heteroatoms. The maximum Gasteiger partial charge on any atom is 0.243 e. The molecule has 226 valence electrons. The molecule has 0 saturated carbocycles. The SMILES string of the molecule is COc1ccc([C@H](c2ccc(F)cc2)[C@H](N=[N+]=[N-])C(=O)Nc2cccc(F)c2CCC2C[N@]2S(=O)(=O)c2ccccc2)cn1. The fourth-order valence-electron chi connectivity index (χ4n) is 5.12. The molecule has 2 heterocycles. The van der Waals surface area contributed by atoms with E-state index >= 15 is 4.39 Å². The van der Waals surface area contributed by atoms with Crippen molar-refractivity contribution in [3.8, 4) is 5.88 Å². The summed E-state index contributed by atoms with van der Waals surface area (Å²) in [4.78, 5) is 21.0. The Bertz CT molecular complexity index is 1780. The van der Waals surface area contributed by atoms with Gasteiger partial charge in [0.15, 0.2) is 0 Å². The first-order valence-electron chi connectivity index (χ1n) is 13.7. The molecule has 44 heavy (non-hydrogen) atoms. The largest absolute Gasteiger partial charge is 0.481 e. The summed E-state index contributed by atoms with van der Waals surface area (Å²) in [6, 6.07) is 19.3. The monoisotopic (exact) mass is 618 g/mol. The number of ether oxygens (including phenoxy) is 1. The van der Waals surface area contributed by atoms with Crippen molar-refractivity contribution in [3.63, 3.8) is 0 Å². The Kier molecular flexibility index (Phi) is 9.19. The highest BCUT2D eigenvalue weighted by atomic mass is 32.2. The number of nitrogens with zero attached hydrogens (tertiary/aromatic N) is 5. The van der Waals surface area contributed by atoms with Crippen LogP contribution < -0.4 is 10.1 Å². The second-order valence-electron chi connectivity index (χ2n) is 10.1. The molecule has 1 saturated heterocycles. The molecule has 3 aromatic carbocycles. The van der Waals surface area contributed by atoms with Crippen LogP contribution in [0.15, 0.2) is 101 Å². The Labute approximate surface area is 253 Å². The number of nitrogens with one attached hydrogen (secondary N) is 1. The number of anilines is 1. The minimum absolute atomic E-state index is 0.143. The molecule has 1 aliphatic rings. The van der Waals surface area contributed by atoms with Gasteiger partial charge >= 0.3 is 0 Å². The lowest BCUT2D eigenvalue weighted by molar-refractivity contribution is -0.117. The highest BCUT2D eigenvalue weighted by Gasteiger charge is 2.44. The molecular weight excluding hydrogens is 590 g/mol. The average Bonchev–Trinajstić information content (AvgIpc) is 3.83. The van der Waals surface area contributed by atoms with Crippen molar-refractivity contribution in [2.75, 3.05) is 19.0 Å². The Balaban J connectivity index is 1.38. The second kappa shape index (κ2) is 13.2. The van der Waals surface area contributed by atoms with Crippen LogP contribution in [0, 0.1) is 11.6 Å². The van der Waals surface area contributed by atoms with Gasteiger partial charge < -0.3 is 10.1 Å². The zero-order valence-electron chi connectivity index (χ0n) is 23.5. The Hall–Kier alpha value is -4.84. The summed E-state index contributed by atoms with van der Waals surface area (Å²) in [7, 11) is -2.21. The van der Waals surface area contributed by atoms with E-state index in [1.807, 2.05) is 0 Å². The lowest BCUT2D eigenvalue weighted by Gasteiger charge is -2.24. The molecule has 1 fully saturated rings. The van der Waals surface area contributed by atoms with E-state index in [9.17, 15) is 23.1 Å². The van der Waals surface area contributed by atoms with Gasteiger partial charge in [-0.15, -0.1) is 0 Å². The maximum absolute atomic E-state index is 15.1. The minimum atomic E-state index is -3.66. The van der Waals surface area contributed by atoms with Gasteiger partial charge in [0.05, 0.1) is 12.0 Å². The van der Waals surface area contributed by atoms with Gasteiger partial charge in [0, 0.05) is 46.9 Å². The number of hydrogen-bond donors (Lipinski definition) is 1. The van der Waals surface area contributed by atoms with Crippen LogP contribution in [0.4, 0.5) is 14.5 Å². The number of amides is 1. The molecule has 4 atom stereocenters. The van der Waals surface area contributed by atoms with Crippen molar-refractivity contribution in [2.24, 2.45) is 5.11 Å². The van der Waals surface area contributed by atoms with Crippen LogP contribution >= 0.6 is 0 Å². The summed E-state index contributed by atoms with van der Waals surface area (Å²) in [5.74, 6) is -2.33. The van der Waals surface area contributed by atoms with Crippen molar-refractivity contribution in [2.45, 2.75) is 35.7 Å². The molecule has 10 nitrogen and oxygen atoms in total. The van der Waals surface area contributed by atoms with E-state index in [1.54, 1.807) is 30.3 Å². The molecule has 5 rings (SSSR count). The van der Waals surface area contributed by atoms with E-state index < -0.39 is 39.5 Å². The second-order valence-corrected chi connectivity index (χ2v) is 12.0. The normalized spacial score (nSPS) is 17.2. The van der Waals surface area contributed by atoms with Gasteiger partial charge in [-0.1, -0.05) is 47.6 Å². The van der Waals surface area contributed by atoms with E-state index in [0.717, 1.165) is 0 Å². The molecule has 0 aliphatic carbocycles. The Morgan fingerprint density at radius 3 is 2.45 bits per heavy atom. The lowest BCUT2D eigenvalue weighted by atomic mass is 9.85. The van der Waals surface area contributed by atoms with Crippen molar-refractivity contribution in [3.05, 3.63) is 130 Å². The van der Waals surface area contributed by atoms with Crippen molar-refractivity contribution in [1.82, 2.24) is 9.29 Å². The lowest BCUT2D eigenvalue weighted by Crippen LogP contribution is -2.33. The van der Waals surface area contributed by atoms with Crippen LogP contribution in [-0.4, -0.2) is 49.4 Å². The third-order valence-electron chi connectivity index (χ3n) is 7.44. The molecule has 1 N–H and O–H groups in total. The number of sulfonamides is 1.